The van der Waals surface area contributed by atoms with E-state index in [2.05, 4.69) is 49.5 Å². The number of hydrogen-bond donors (Lipinski definition) is 3. The molecule has 0 aliphatic heterocycles. The topological polar surface area (TPSA) is 64.9 Å². The molecule has 0 bridgehead atoms. The highest BCUT2D eigenvalue weighted by Gasteiger charge is 1.99. The number of halogens is 2. The Kier molecular flexibility index (Phi) is 5.31. The first-order valence-corrected chi connectivity index (χ1v) is 8.36. The molecule has 0 spiro atoms. The lowest BCUT2D eigenvalue weighted by atomic mass is 10.3. The van der Waals surface area contributed by atoms with Crippen molar-refractivity contribution in [3.05, 3.63) is 45.3 Å². The van der Waals surface area contributed by atoms with Gasteiger partial charge in [-0.15, -0.1) is 12.6 Å². The molecule has 0 fully saturated rings. The van der Waals surface area contributed by atoms with Crippen LogP contribution in [0.1, 0.15) is 0 Å². The number of nitrogens with zero attached hydrogens (tertiary/aromatic N) is 1. The van der Waals surface area contributed by atoms with Crippen LogP contribution in [0.15, 0.2) is 50.2 Å². The molecule has 2 aromatic carbocycles. The summed E-state index contributed by atoms with van der Waals surface area (Å²) in [5, 5.41) is 0.623. The highest BCUT2D eigenvalue weighted by Crippen LogP contribution is 2.26. The molecule has 0 saturated carbocycles. The van der Waals surface area contributed by atoms with E-state index in [1.54, 1.807) is 0 Å². The summed E-state index contributed by atoms with van der Waals surface area (Å²) in [6.07, 6.45) is 0. The molecule has 0 radical (unpaired) electrons. The van der Waals surface area contributed by atoms with Crippen molar-refractivity contribution in [1.29, 1.82) is 0 Å². The van der Waals surface area contributed by atoms with Gasteiger partial charge in [0.25, 0.3) is 0 Å². The Balaban J connectivity index is 0.000000151. The van der Waals surface area contributed by atoms with Gasteiger partial charge in [0.05, 0.1) is 10.2 Å². The van der Waals surface area contributed by atoms with Crippen molar-refractivity contribution in [2.24, 2.45) is 0 Å². The molecule has 3 aromatic rings. The van der Waals surface area contributed by atoms with Crippen LogP contribution >= 0.6 is 55.8 Å². The lowest BCUT2D eigenvalue weighted by Crippen LogP contribution is -1.84. The minimum atomic E-state index is 0.623. The number of nitrogen functional groups attached to an aromatic ring is 2. The van der Waals surface area contributed by atoms with E-state index in [-0.39, 0.29) is 0 Å². The van der Waals surface area contributed by atoms with E-state index in [1.165, 1.54) is 11.3 Å². The maximum absolute atomic E-state index is 5.53. The fourth-order valence-electron chi connectivity index (χ4n) is 1.43. The SMILES string of the molecule is Nc1ccc(Br)cc1S.Nc1nc2ccc(Br)cc2s1. The van der Waals surface area contributed by atoms with Crippen molar-refractivity contribution in [2.75, 3.05) is 11.5 Å². The van der Waals surface area contributed by atoms with E-state index < -0.39 is 0 Å². The van der Waals surface area contributed by atoms with Crippen LogP contribution in [0.2, 0.25) is 0 Å². The number of aromatic nitrogens is 1. The van der Waals surface area contributed by atoms with Crippen molar-refractivity contribution >= 4 is 76.9 Å². The summed E-state index contributed by atoms with van der Waals surface area (Å²) in [7, 11) is 0. The Morgan fingerprint density at radius 3 is 2.30 bits per heavy atom. The van der Waals surface area contributed by atoms with Crippen LogP contribution in [0.25, 0.3) is 10.2 Å². The summed E-state index contributed by atoms with van der Waals surface area (Å²) < 4.78 is 3.19. The van der Waals surface area contributed by atoms with Crippen molar-refractivity contribution in [2.45, 2.75) is 4.90 Å². The summed E-state index contributed by atoms with van der Waals surface area (Å²) in [5.41, 5.74) is 12.7. The molecule has 0 atom stereocenters. The molecule has 1 aromatic heterocycles. The Hall–Kier alpha value is -0.760. The van der Waals surface area contributed by atoms with E-state index in [4.69, 9.17) is 11.5 Å². The second-order valence-corrected chi connectivity index (χ2v) is 7.24. The molecule has 4 N–H and O–H groups in total. The molecule has 3 rings (SSSR count). The Morgan fingerprint density at radius 2 is 1.65 bits per heavy atom. The smallest absolute Gasteiger partial charge is 0.181 e. The first-order chi connectivity index (χ1) is 9.45. The number of benzene rings is 2. The van der Waals surface area contributed by atoms with Crippen LogP contribution in [0.5, 0.6) is 0 Å². The summed E-state index contributed by atoms with van der Waals surface area (Å²) >= 11 is 12.3. The molecule has 0 saturated heterocycles. The van der Waals surface area contributed by atoms with Crippen molar-refractivity contribution in [3.63, 3.8) is 0 Å². The first-order valence-electron chi connectivity index (χ1n) is 5.51. The third-order valence-corrected chi connectivity index (χ3v) is 4.58. The minimum Gasteiger partial charge on any atom is -0.398 e. The van der Waals surface area contributed by atoms with E-state index in [0.717, 1.165) is 24.1 Å². The van der Waals surface area contributed by atoms with Crippen LogP contribution in [-0.4, -0.2) is 4.98 Å². The second-order valence-electron chi connectivity index (χ2n) is 3.87. The number of nitrogens with two attached hydrogens (primary N) is 2. The van der Waals surface area contributed by atoms with Gasteiger partial charge in [-0.3, -0.25) is 0 Å². The number of hydrogen-bond acceptors (Lipinski definition) is 5. The van der Waals surface area contributed by atoms with Gasteiger partial charge in [0.2, 0.25) is 0 Å². The summed E-state index contributed by atoms with van der Waals surface area (Å²) in [5.74, 6) is 0. The molecule has 0 amide bonds. The standard InChI is InChI=1S/C7H5BrN2S.C6H6BrNS/c8-4-1-2-5-6(3-4)11-7(9)10-5;7-4-1-2-5(8)6(9)3-4/h1-3H,(H2,9,10);1-3,9H,8H2. The fraction of sp³-hybridized carbons (Fsp3) is 0. The second kappa shape index (κ2) is 6.80. The monoisotopic (exact) mass is 431 g/mol. The lowest BCUT2D eigenvalue weighted by Gasteiger charge is -1.96. The van der Waals surface area contributed by atoms with Gasteiger partial charge in [-0.25, -0.2) is 4.98 Å². The lowest BCUT2D eigenvalue weighted by molar-refractivity contribution is 1.45. The highest BCUT2D eigenvalue weighted by molar-refractivity contribution is 9.10. The van der Waals surface area contributed by atoms with Crippen molar-refractivity contribution in [3.8, 4) is 0 Å². The predicted octanol–water partition coefficient (Wildman–Crippen LogP) is 4.96. The molecule has 20 heavy (non-hydrogen) atoms. The fourth-order valence-corrected chi connectivity index (χ4v) is 3.47. The zero-order valence-corrected chi connectivity index (χ0v) is 15.1. The maximum Gasteiger partial charge on any atom is 0.181 e. The van der Waals surface area contributed by atoms with Gasteiger partial charge < -0.3 is 11.5 Å². The number of anilines is 2. The van der Waals surface area contributed by atoms with Crippen LogP contribution < -0.4 is 11.5 Å². The van der Waals surface area contributed by atoms with Crippen molar-refractivity contribution < 1.29 is 0 Å². The Labute approximate surface area is 143 Å². The third kappa shape index (κ3) is 4.12. The normalized spacial score (nSPS) is 10.2. The number of rotatable bonds is 0. The average molecular weight is 433 g/mol. The number of thiazole rings is 1. The van der Waals surface area contributed by atoms with Gasteiger partial charge in [0.15, 0.2) is 5.13 Å². The van der Waals surface area contributed by atoms with Gasteiger partial charge in [0, 0.05) is 19.5 Å². The quantitative estimate of drug-likeness (QED) is 0.347. The molecule has 0 aliphatic carbocycles. The first kappa shape index (κ1) is 15.6. The molecule has 3 nitrogen and oxygen atoms in total. The largest absolute Gasteiger partial charge is 0.398 e. The molecule has 104 valence electrons. The molecular weight excluding hydrogens is 422 g/mol. The van der Waals surface area contributed by atoms with Crippen LogP contribution in [0, 0.1) is 0 Å². The molecule has 0 aliphatic rings. The van der Waals surface area contributed by atoms with Gasteiger partial charge >= 0.3 is 0 Å². The Morgan fingerprint density at radius 1 is 1.00 bits per heavy atom. The van der Waals surface area contributed by atoms with Crippen LogP contribution in [-0.2, 0) is 0 Å². The zero-order chi connectivity index (χ0) is 14.7. The molecular formula is C13H11Br2N3S2. The van der Waals surface area contributed by atoms with Gasteiger partial charge in [-0.2, -0.15) is 0 Å². The molecule has 1 heterocycles. The van der Waals surface area contributed by atoms with E-state index in [9.17, 15) is 0 Å². The van der Waals surface area contributed by atoms with E-state index >= 15 is 0 Å². The van der Waals surface area contributed by atoms with Gasteiger partial charge in [0.1, 0.15) is 0 Å². The Bertz CT molecular complexity index is 744. The number of fused-ring (bicyclic) bond motifs is 1. The van der Waals surface area contributed by atoms with Crippen molar-refractivity contribution in [1.82, 2.24) is 4.98 Å². The molecule has 7 heteroatoms. The predicted molar refractivity (Wildman–Crippen MR) is 97.5 cm³/mol. The summed E-state index contributed by atoms with van der Waals surface area (Å²) in [6, 6.07) is 11.5. The molecule has 0 unspecified atom stereocenters. The van der Waals surface area contributed by atoms with Crippen LogP contribution in [0.4, 0.5) is 10.8 Å². The zero-order valence-electron chi connectivity index (χ0n) is 10.2. The van der Waals surface area contributed by atoms with Gasteiger partial charge in [-0.1, -0.05) is 43.2 Å². The number of thiol groups is 1. The van der Waals surface area contributed by atoms with E-state index in [0.29, 0.717) is 10.8 Å². The average Bonchev–Trinajstić information content (AvgIpc) is 2.74. The highest BCUT2D eigenvalue weighted by atomic mass is 79.9. The maximum atomic E-state index is 5.53. The minimum absolute atomic E-state index is 0.623. The third-order valence-electron chi connectivity index (χ3n) is 2.36. The van der Waals surface area contributed by atoms with E-state index in [1.807, 2.05) is 36.4 Å². The van der Waals surface area contributed by atoms with Gasteiger partial charge in [-0.05, 0) is 36.4 Å². The summed E-state index contributed by atoms with van der Waals surface area (Å²) in [6.45, 7) is 0. The van der Waals surface area contributed by atoms with Crippen LogP contribution in [0.3, 0.4) is 0 Å². The summed E-state index contributed by atoms with van der Waals surface area (Å²) in [4.78, 5) is 4.94.